The minimum atomic E-state index is -0.424. The maximum Gasteiger partial charge on any atom is 0.337 e. The van der Waals surface area contributed by atoms with Gasteiger partial charge in [-0.2, -0.15) is 0 Å². The largest absolute Gasteiger partial charge is 0.489 e. The van der Waals surface area contributed by atoms with Gasteiger partial charge >= 0.3 is 5.97 Å². The van der Waals surface area contributed by atoms with Crippen LogP contribution in [-0.4, -0.2) is 25.5 Å². The van der Waals surface area contributed by atoms with E-state index >= 15 is 0 Å². The first-order valence-electron chi connectivity index (χ1n) is 9.51. The standard InChI is InChI=1S/C25H20O5/c1-28-25(27)19-9-5-8-18(12-19)13-20-16-30-23-11-10-21(14-22(23)24(20)26)29-15-17-6-3-2-4-7-17/h2-14H,15-16H2,1H3/b20-13-. The van der Waals surface area contributed by atoms with Gasteiger partial charge in [-0.3, -0.25) is 4.79 Å². The van der Waals surface area contributed by atoms with Crippen molar-refractivity contribution in [2.75, 3.05) is 13.7 Å². The third kappa shape index (κ3) is 4.25. The summed E-state index contributed by atoms with van der Waals surface area (Å²) in [4.78, 5) is 24.8. The van der Waals surface area contributed by atoms with Crippen molar-refractivity contribution in [2.45, 2.75) is 6.61 Å². The van der Waals surface area contributed by atoms with E-state index in [1.165, 1.54) is 7.11 Å². The summed E-state index contributed by atoms with van der Waals surface area (Å²) < 4.78 is 16.3. The molecule has 150 valence electrons. The fraction of sp³-hybridized carbons (Fsp3) is 0.120. The number of fused-ring (bicyclic) bond motifs is 1. The number of esters is 1. The van der Waals surface area contributed by atoms with Gasteiger partial charge in [-0.15, -0.1) is 0 Å². The number of ketones is 1. The number of methoxy groups -OCH3 is 1. The van der Waals surface area contributed by atoms with Crippen molar-refractivity contribution in [3.8, 4) is 11.5 Å². The summed E-state index contributed by atoms with van der Waals surface area (Å²) in [5, 5.41) is 0. The second kappa shape index (κ2) is 8.66. The molecule has 1 heterocycles. The number of hydrogen-bond donors (Lipinski definition) is 0. The van der Waals surface area contributed by atoms with Crippen molar-refractivity contribution < 1.29 is 23.8 Å². The van der Waals surface area contributed by atoms with E-state index in [1.54, 1.807) is 42.5 Å². The van der Waals surface area contributed by atoms with Gasteiger partial charge in [-0.05, 0) is 47.5 Å². The Morgan fingerprint density at radius 2 is 1.87 bits per heavy atom. The van der Waals surface area contributed by atoms with E-state index in [4.69, 9.17) is 14.2 Å². The Bertz CT molecular complexity index is 1120. The fourth-order valence-corrected chi connectivity index (χ4v) is 3.22. The van der Waals surface area contributed by atoms with E-state index in [0.717, 1.165) is 11.1 Å². The van der Waals surface area contributed by atoms with Crippen molar-refractivity contribution in [3.05, 3.63) is 101 Å². The third-order valence-electron chi connectivity index (χ3n) is 4.77. The molecule has 0 radical (unpaired) electrons. The van der Waals surface area contributed by atoms with Crippen LogP contribution in [0.4, 0.5) is 0 Å². The van der Waals surface area contributed by atoms with Crippen molar-refractivity contribution in [3.63, 3.8) is 0 Å². The van der Waals surface area contributed by atoms with Gasteiger partial charge in [0, 0.05) is 5.57 Å². The molecule has 4 rings (SSSR count). The lowest BCUT2D eigenvalue weighted by molar-refractivity contribution is 0.0600. The highest BCUT2D eigenvalue weighted by atomic mass is 16.5. The van der Waals surface area contributed by atoms with E-state index in [0.29, 0.717) is 34.8 Å². The van der Waals surface area contributed by atoms with Crippen LogP contribution >= 0.6 is 0 Å². The molecule has 3 aromatic carbocycles. The molecule has 3 aromatic rings. The average Bonchev–Trinajstić information content (AvgIpc) is 2.80. The van der Waals surface area contributed by atoms with E-state index < -0.39 is 5.97 Å². The summed E-state index contributed by atoms with van der Waals surface area (Å²) in [6.07, 6.45) is 1.73. The smallest absolute Gasteiger partial charge is 0.337 e. The normalized spacial score (nSPS) is 14.0. The zero-order chi connectivity index (χ0) is 20.9. The van der Waals surface area contributed by atoms with Crippen LogP contribution in [0.25, 0.3) is 6.08 Å². The molecule has 0 aliphatic carbocycles. The van der Waals surface area contributed by atoms with Crippen LogP contribution in [0.2, 0.25) is 0 Å². The number of benzene rings is 3. The first kappa shape index (κ1) is 19.5. The predicted octanol–water partition coefficient (Wildman–Crippen LogP) is 4.71. The molecule has 1 aliphatic rings. The fourth-order valence-electron chi connectivity index (χ4n) is 3.22. The van der Waals surface area contributed by atoms with Crippen LogP contribution in [0.5, 0.6) is 11.5 Å². The highest BCUT2D eigenvalue weighted by Gasteiger charge is 2.24. The SMILES string of the molecule is COC(=O)c1cccc(/C=C2/COc3ccc(OCc4ccccc4)cc3C2=O)c1. The zero-order valence-electron chi connectivity index (χ0n) is 16.5. The van der Waals surface area contributed by atoms with Gasteiger partial charge in [0.1, 0.15) is 24.7 Å². The molecule has 0 bridgehead atoms. The molecule has 0 spiro atoms. The molecule has 30 heavy (non-hydrogen) atoms. The topological polar surface area (TPSA) is 61.8 Å². The van der Waals surface area contributed by atoms with Gasteiger partial charge in [0.2, 0.25) is 0 Å². The Kier molecular flexibility index (Phi) is 5.61. The lowest BCUT2D eigenvalue weighted by atomic mass is 9.97. The lowest BCUT2D eigenvalue weighted by Gasteiger charge is -2.20. The molecule has 5 heteroatoms. The second-order valence-corrected chi connectivity index (χ2v) is 6.84. The Balaban J connectivity index is 1.55. The Labute approximate surface area is 174 Å². The molecule has 0 atom stereocenters. The maximum atomic E-state index is 13.0. The summed E-state index contributed by atoms with van der Waals surface area (Å²) in [6, 6.07) is 22.0. The molecular weight excluding hydrogens is 380 g/mol. The highest BCUT2D eigenvalue weighted by Crippen LogP contribution is 2.31. The number of carbonyl (C=O) groups excluding carboxylic acids is 2. The molecule has 5 nitrogen and oxygen atoms in total. The van der Waals surface area contributed by atoms with Gasteiger partial charge in [-0.25, -0.2) is 4.79 Å². The number of Topliss-reactive ketones (excluding diaryl/α,β-unsaturated/α-hetero) is 1. The molecule has 0 saturated heterocycles. The highest BCUT2D eigenvalue weighted by molar-refractivity contribution is 6.14. The molecule has 0 fully saturated rings. The Hall–Kier alpha value is -3.86. The summed E-state index contributed by atoms with van der Waals surface area (Å²) >= 11 is 0. The Morgan fingerprint density at radius 3 is 2.67 bits per heavy atom. The van der Waals surface area contributed by atoms with Crippen LogP contribution in [0.3, 0.4) is 0 Å². The monoisotopic (exact) mass is 400 g/mol. The van der Waals surface area contributed by atoms with Crippen LogP contribution in [0.1, 0.15) is 31.8 Å². The number of hydrogen-bond acceptors (Lipinski definition) is 5. The number of carbonyl (C=O) groups is 2. The summed E-state index contributed by atoms with van der Waals surface area (Å²) in [6.45, 7) is 0.580. The van der Waals surface area contributed by atoms with Crippen molar-refractivity contribution >= 4 is 17.8 Å². The molecule has 0 amide bonds. The molecular formula is C25H20O5. The summed E-state index contributed by atoms with van der Waals surface area (Å²) in [5.41, 5.74) is 3.16. The molecule has 0 saturated carbocycles. The van der Waals surface area contributed by atoms with E-state index in [1.807, 2.05) is 36.4 Å². The summed E-state index contributed by atoms with van der Waals surface area (Å²) in [7, 11) is 1.33. The van der Waals surface area contributed by atoms with Gasteiger partial charge in [-0.1, -0.05) is 42.5 Å². The van der Waals surface area contributed by atoms with Crippen LogP contribution in [0.15, 0.2) is 78.4 Å². The van der Waals surface area contributed by atoms with Crippen LogP contribution in [0, 0.1) is 0 Å². The number of rotatable bonds is 5. The molecule has 0 aromatic heterocycles. The van der Waals surface area contributed by atoms with Crippen molar-refractivity contribution in [1.82, 2.24) is 0 Å². The van der Waals surface area contributed by atoms with E-state index in [9.17, 15) is 9.59 Å². The van der Waals surface area contributed by atoms with E-state index in [-0.39, 0.29) is 12.4 Å². The molecule has 0 N–H and O–H groups in total. The lowest BCUT2D eigenvalue weighted by Crippen LogP contribution is -2.19. The van der Waals surface area contributed by atoms with Crippen LogP contribution < -0.4 is 9.47 Å². The number of ether oxygens (including phenoxy) is 3. The zero-order valence-corrected chi connectivity index (χ0v) is 16.5. The van der Waals surface area contributed by atoms with Gasteiger partial charge in [0.15, 0.2) is 5.78 Å². The quantitative estimate of drug-likeness (QED) is 0.458. The average molecular weight is 400 g/mol. The molecule has 1 aliphatic heterocycles. The molecule has 0 unspecified atom stereocenters. The minimum Gasteiger partial charge on any atom is -0.489 e. The van der Waals surface area contributed by atoms with Gasteiger partial charge in [0.05, 0.1) is 18.2 Å². The van der Waals surface area contributed by atoms with Gasteiger partial charge < -0.3 is 14.2 Å². The second-order valence-electron chi connectivity index (χ2n) is 6.84. The first-order valence-corrected chi connectivity index (χ1v) is 9.51. The van der Waals surface area contributed by atoms with Crippen molar-refractivity contribution in [1.29, 1.82) is 0 Å². The first-order chi connectivity index (χ1) is 14.6. The predicted molar refractivity (Wildman–Crippen MR) is 113 cm³/mol. The third-order valence-corrected chi connectivity index (χ3v) is 4.77. The Morgan fingerprint density at radius 1 is 1.03 bits per heavy atom. The van der Waals surface area contributed by atoms with Crippen molar-refractivity contribution in [2.24, 2.45) is 0 Å². The maximum absolute atomic E-state index is 13.0. The summed E-state index contributed by atoms with van der Waals surface area (Å²) in [5.74, 6) is 0.591. The van der Waals surface area contributed by atoms with E-state index in [2.05, 4.69) is 0 Å². The van der Waals surface area contributed by atoms with Crippen LogP contribution in [-0.2, 0) is 11.3 Å². The van der Waals surface area contributed by atoms with Gasteiger partial charge in [0.25, 0.3) is 0 Å². The minimum absolute atomic E-state index is 0.120.